The number of anilines is 5. The van der Waals surface area contributed by atoms with E-state index in [-0.39, 0.29) is 49.4 Å². The molecular weight excluding hydrogens is 1530 g/mol. The summed E-state index contributed by atoms with van der Waals surface area (Å²) in [5.74, 6) is 3.65. The highest BCUT2D eigenvalue weighted by Gasteiger charge is 2.69. The Kier molecular flexibility index (Phi) is 18.6. The van der Waals surface area contributed by atoms with Crippen LogP contribution in [0.25, 0.3) is 22.2 Å². The van der Waals surface area contributed by atoms with Gasteiger partial charge in [0.15, 0.2) is 0 Å². The molecule has 4 bridgehead atoms. The molecule has 6 saturated carbocycles. The van der Waals surface area contributed by atoms with Crippen molar-refractivity contribution in [1.82, 2.24) is 22.3 Å². The summed E-state index contributed by atoms with van der Waals surface area (Å²) in [5, 5.41) is 2.59. The first kappa shape index (κ1) is 80.1. The summed E-state index contributed by atoms with van der Waals surface area (Å²) >= 11 is 5.19. The van der Waals surface area contributed by atoms with E-state index in [2.05, 4.69) is 339 Å². The van der Waals surface area contributed by atoms with Crippen molar-refractivity contribution in [2.75, 3.05) is 24.5 Å². The predicted octanol–water partition coefficient (Wildman–Crippen LogP) is 28.1. The molecule has 12 aromatic rings. The number of nitrogens with zero attached hydrogens (tertiary/aromatic N) is 10. The predicted molar refractivity (Wildman–Crippen MR) is 499 cm³/mol. The van der Waals surface area contributed by atoms with Gasteiger partial charge in [0.25, 0.3) is 0 Å². The van der Waals surface area contributed by atoms with Crippen LogP contribution in [-0.4, -0.2) is 22.3 Å². The molecule has 0 N–H and O–H groups in total. The van der Waals surface area contributed by atoms with Gasteiger partial charge in [-0.3, -0.25) is 0 Å². The number of aromatic nitrogens is 5. The van der Waals surface area contributed by atoms with Gasteiger partial charge in [0.2, 0.25) is 11.4 Å². The van der Waals surface area contributed by atoms with E-state index in [1.54, 1.807) is 39.5 Å². The van der Waals surface area contributed by atoms with E-state index >= 15 is 0 Å². The van der Waals surface area contributed by atoms with Crippen molar-refractivity contribution in [2.24, 2.45) is 48.6 Å². The number of rotatable bonds is 3. The summed E-state index contributed by atoms with van der Waals surface area (Å²) in [7, 11) is 4.37. The maximum Gasteiger partial charge on any atom is 0.206 e. The average molecular weight is 1660 g/mol. The van der Waals surface area contributed by atoms with Crippen molar-refractivity contribution in [1.29, 1.82) is 0 Å². The molecule has 14 heterocycles. The smallest absolute Gasteiger partial charge is 0.206 e. The summed E-state index contributed by atoms with van der Waals surface area (Å²) in [6.45, 7) is 47.4. The molecule has 12 nitrogen and oxygen atoms in total. The van der Waals surface area contributed by atoms with Crippen LogP contribution in [0.2, 0.25) is 0 Å². The molecule has 6 fully saturated rings. The quantitative estimate of drug-likeness (QED) is 0.170. The molecule has 0 saturated heterocycles. The van der Waals surface area contributed by atoms with Crippen LogP contribution < -0.4 is 24.5 Å². The minimum Gasteiger partial charge on any atom is -0.448 e. The monoisotopic (exact) mass is 1660 g/mol. The molecule has 3 spiro atoms. The highest BCUT2D eigenvalue weighted by molar-refractivity contribution is 7.06. The lowest BCUT2D eigenvalue weighted by Crippen LogP contribution is -2.62. The van der Waals surface area contributed by atoms with Crippen LogP contribution in [0, 0.1) is 69.1 Å². The van der Waals surface area contributed by atoms with Crippen molar-refractivity contribution < 1.29 is 8.83 Å². The topological polar surface area (TPSA) is 91.0 Å². The molecular formula is C105H128N10O2S3. The van der Waals surface area contributed by atoms with Gasteiger partial charge in [-0.05, 0) is 279 Å². The summed E-state index contributed by atoms with van der Waals surface area (Å²) in [5.41, 5.74) is 30.1. The van der Waals surface area contributed by atoms with Crippen molar-refractivity contribution in [3.63, 3.8) is 0 Å². The second kappa shape index (κ2) is 27.8. The van der Waals surface area contributed by atoms with Gasteiger partial charge in [-0.15, -0.1) is 0 Å². The van der Waals surface area contributed by atoms with Crippen LogP contribution in [0.4, 0.5) is 28.4 Å². The minimum atomic E-state index is -0.0223. The fourth-order valence-electron chi connectivity index (χ4n) is 28.4. The molecule has 7 atom stereocenters. The van der Waals surface area contributed by atoms with Gasteiger partial charge in [-0.2, -0.15) is 0 Å². The van der Waals surface area contributed by atoms with Crippen LogP contribution in [-0.2, 0) is 52.6 Å². The molecule has 120 heavy (non-hydrogen) atoms. The fourth-order valence-corrected chi connectivity index (χ4v) is 31.9. The van der Waals surface area contributed by atoms with Crippen LogP contribution in [0.5, 0.6) is 0 Å². The third-order valence-electron chi connectivity index (χ3n) is 35.5. The van der Waals surface area contributed by atoms with Gasteiger partial charge in [-0.1, -0.05) is 178 Å². The summed E-state index contributed by atoms with van der Waals surface area (Å²) in [6, 6.07) is 46.7. The largest absolute Gasteiger partial charge is 0.448 e. The van der Waals surface area contributed by atoms with Crippen LogP contribution in [0.15, 0.2) is 161 Å². The molecule has 7 aliphatic heterocycles. The zero-order chi connectivity index (χ0) is 84.0. The molecule has 0 radical (unpaired) electrons. The van der Waals surface area contributed by atoms with E-state index in [0.717, 1.165) is 35.1 Å². The van der Waals surface area contributed by atoms with Crippen molar-refractivity contribution in [3.8, 4) is 0 Å². The second-order valence-corrected chi connectivity index (χ2v) is 43.8. The Morgan fingerprint density at radius 2 is 0.708 bits per heavy atom. The van der Waals surface area contributed by atoms with Gasteiger partial charge in [0.1, 0.15) is 0 Å². The van der Waals surface area contributed by atoms with Crippen molar-refractivity contribution >= 4 is 85.2 Å². The number of hydrogen-bond donors (Lipinski definition) is 0. The number of benzene rings is 5. The van der Waals surface area contributed by atoms with Crippen LogP contribution in [0.1, 0.15) is 317 Å². The lowest BCUT2D eigenvalue weighted by Gasteiger charge is -2.63. The van der Waals surface area contributed by atoms with E-state index in [1.165, 1.54) is 217 Å². The Morgan fingerprint density at radius 3 is 1.10 bits per heavy atom. The Hall–Kier alpha value is -8.37. The number of fused-ring (bicyclic) bond motifs is 19. The second-order valence-electron chi connectivity index (χ2n) is 41.4. The fraction of sp³-hybridized carbons (Fsp3) is 0.514. The van der Waals surface area contributed by atoms with Gasteiger partial charge < -0.3 is 42.5 Å². The molecule has 0 amide bonds. The van der Waals surface area contributed by atoms with E-state index in [4.69, 9.17) is 8.83 Å². The lowest BCUT2D eigenvalue weighted by atomic mass is 9.48. The minimum absolute atomic E-state index is 0.0223. The Labute approximate surface area is 726 Å². The number of aryl methyl sites for hydroxylation is 7. The molecule has 7 aromatic heterocycles. The number of furan rings is 2. The highest BCUT2D eigenvalue weighted by atomic mass is 32.1. The lowest BCUT2D eigenvalue weighted by molar-refractivity contribution is -0.0588. The number of para-hydroxylation sites is 5. The molecule has 25 rings (SSSR count). The SMILES string of the molecule is Cc1cccc2c1N1C(C)c3cnsc3C1(C)C(C)(C)C2(C)C.Cc1cccc2c1N1C(C)c3cnsc3C1(C)C(C)(C)C2(C)C.Cc1ccccc1N1C(C)c2c(n(C)c3occc23)C12CCCC2.Cc1ccccc1N1C(C)c2c(n(C)c3occc23)C12CCCCC2.Cc1ccccc1N1C(C)c2cnsc2C12C1CC3CC(C1)CC2C3. The first-order valence-electron chi connectivity index (χ1n) is 45.6. The molecule has 628 valence electrons. The standard InChI is InChI=1S/C22H26N2O.C22H26N2S.C21H24N2O.2C20H26N2S/c1-15-9-5-6-10-18(15)24-16(2)19-17-11-14-25-21(17)23(3)20(19)22(24)12-7-4-8-13-22;1-13-5-3-4-6-20(13)24-14(2)19-12-23-25-21(19)22(24)17-8-15-7-16(10-17)11-18(22)9-15;1-14-8-4-5-9-17(14)23-15(2)18-16-10-13-24-20(16)22(3)19(18)21(23)11-6-7-12-21;2*1-12-9-8-10-15-16(12)22-13(2)14-11-21-23-17(14)20(22,7)19(5,6)18(15,3)4/h5-6,9-11,14,16H,4,7-8,12-13H2,1-3H3;3-6,12,14-18H,7-11H2,1-2H3;4-5,8-10,13,15H,6-7,11-12H2,1-3H3;2*8-11,13H,1-7H3. The van der Waals surface area contributed by atoms with Gasteiger partial charge in [-0.25, -0.2) is 13.1 Å². The van der Waals surface area contributed by atoms with Gasteiger partial charge in [0.05, 0.1) is 96.4 Å². The molecule has 7 unspecified atom stereocenters. The highest BCUT2D eigenvalue weighted by Crippen LogP contribution is 2.73. The maximum absolute atomic E-state index is 5.84. The Morgan fingerprint density at radius 1 is 0.367 bits per heavy atom. The van der Waals surface area contributed by atoms with E-state index in [0.29, 0.717) is 30.2 Å². The van der Waals surface area contributed by atoms with Crippen LogP contribution in [0.3, 0.4) is 0 Å². The maximum atomic E-state index is 5.84. The van der Waals surface area contributed by atoms with E-state index in [1.807, 2.05) is 12.5 Å². The molecule has 13 aliphatic rings. The molecule has 15 heteroatoms. The van der Waals surface area contributed by atoms with E-state index in [9.17, 15) is 0 Å². The molecule has 5 aromatic carbocycles. The first-order valence-corrected chi connectivity index (χ1v) is 47.9. The van der Waals surface area contributed by atoms with E-state index < -0.39 is 0 Å². The zero-order valence-corrected chi connectivity index (χ0v) is 78.0. The zero-order valence-electron chi connectivity index (χ0n) is 75.5. The summed E-state index contributed by atoms with van der Waals surface area (Å²) in [4.78, 5) is 18.2. The third-order valence-corrected chi connectivity index (χ3v) is 38.5. The Bertz CT molecular complexity index is 5830. The third kappa shape index (κ3) is 10.3. The summed E-state index contributed by atoms with van der Waals surface area (Å²) < 4.78 is 30.0. The van der Waals surface area contributed by atoms with Gasteiger partial charge in [0, 0.05) is 111 Å². The molecule has 6 aliphatic carbocycles. The van der Waals surface area contributed by atoms with Gasteiger partial charge >= 0.3 is 0 Å². The number of hydrogen-bond acceptors (Lipinski definition) is 13. The normalized spacial score (nSPS) is 28.9. The van der Waals surface area contributed by atoms with Crippen molar-refractivity contribution in [2.45, 2.75) is 297 Å². The first-order chi connectivity index (χ1) is 57.3. The average Bonchev–Trinajstić information content (AvgIpc) is 1.45. The van der Waals surface area contributed by atoms with Crippen LogP contribution >= 0.6 is 34.6 Å². The summed E-state index contributed by atoms with van der Waals surface area (Å²) in [6.07, 6.45) is 28.8. The Balaban J connectivity index is 0.0000000959. The van der Waals surface area contributed by atoms with Crippen molar-refractivity contribution in [3.05, 3.63) is 245 Å².